The fourth-order valence-electron chi connectivity index (χ4n) is 4.13. The summed E-state index contributed by atoms with van der Waals surface area (Å²) in [6.07, 6.45) is 6.05. The van der Waals surface area contributed by atoms with Gasteiger partial charge in [0.2, 0.25) is 5.91 Å². The Hall–Kier alpha value is -1.91. The van der Waals surface area contributed by atoms with Gasteiger partial charge in [-0.25, -0.2) is 0 Å². The Bertz CT molecular complexity index is 774. The van der Waals surface area contributed by atoms with Gasteiger partial charge in [0.05, 0.1) is 11.1 Å². The zero-order valence-electron chi connectivity index (χ0n) is 15.5. The van der Waals surface area contributed by atoms with E-state index in [0.717, 1.165) is 50.3 Å². The van der Waals surface area contributed by atoms with Crippen molar-refractivity contribution in [3.8, 4) is 0 Å². The molecule has 4 rings (SSSR count). The van der Waals surface area contributed by atoms with Gasteiger partial charge in [-0.3, -0.25) is 14.7 Å². The van der Waals surface area contributed by atoms with Crippen molar-refractivity contribution in [2.24, 2.45) is 5.92 Å². The molecule has 1 aromatic carbocycles. The number of aromatic nitrogens is 1. The molecule has 142 valence electrons. The van der Waals surface area contributed by atoms with Crippen LogP contribution in [-0.4, -0.2) is 35.4 Å². The first-order chi connectivity index (χ1) is 13.2. The quantitative estimate of drug-likeness (QED) is 0.825. The highest BCUT2D eigenvalue weighted by Gasteiger charge is 2.51. The molecule has 1 saturated heterocycles. The number of nitrogens with zero attached hydrogens (tertiary/aromatic N) is 2. The number of benzene rings is 1. The second kappa shape index (κ2) is 7.99. The molecule has 0 spiro atoms. The molecule has 4 nitrogen and oxygen atoms in total. The van der Waals surface area contributed by atoms with Gasteiger partial charge in [0.1, 0.15) is 0 Å². The standard InChI is InChI=1S/C22H26ClN3O/c23-19-8-6-18(7-9-19)22(10-11-22)21(27)25-14-17-4-3-13-26(15-17)16-20-5-1-2-12-24-20/h1-2,5-9,12,17H,3-4,10-11,13-16H2,(H,25,27). The third-order valence-corrected chi connectivity index (χ3v) is 6.10. The minimum atomic E-state index is -0.326. The van der Waals surface area contributed by atoms with Crippen LogP contribution < -0.4 is 5.32 Å². The molecule has 2 fully saturated rings. The van der Waals surface area contributed by atoms with Gasteiger partial charge >= 0.3 is 0 Å². The molecule has 27 heavy (non-hydrogen) atoms. The van der Waals surface area contributed by atoms with Crippen molar-refractivity contribution in [2.75, 3.05) is 19.6 Å². The summed E-state index contributed by atoms with van der Waals surface area (Å²) < 4.78 is 0. The summed E-state index contributed by atoms with van der Waals surface area (Å²) in [5, 5.41) is 3.95. The van der Waals surface area contributed by atoms with Crippen LogP contribution in [0.5, 0.6) is 0 Å². The predicted molar refractivity (Wildman–Crippen MR) is 108 cm³/mol. The fraction of sp³-hybridized carbons (Fsp3) is 0.455. The lowest BCUT2D eigenvalue weighted by Crippen LogP contribution is -2.43. The van der Waals surface area contributed by atoms with Gasteiger partial charge in [-0.05, 0) is 68.0 Å². The minimum absolute atomic E-state index is 0.173. The van der Waals surface area contributed by atoms with Crippen LogP contribution in [0.2, 0.25) is 5.02 Å². The summed E-state index contributed by atoms with van der Waals surface area (Å²) in [7, 11) is 0. The number of hydrogen-bond donors (Lipinski definition) is 1. The van der Waals surface area contributed by atoms with Gasteiger partial charge in [-0.1, -0.05) is 29.8 Å². The normalized spacial score (nSPS) is 21.6. The van der Waals surface area contributed by atoms with Crippen LogP contribution in [0.15, 0.2) is 48.7 Å². The Morgan fingerprint density at radius 2 is 2.04 bits per heavy atom. The van der Waals surface area contributed by atoms with E-state index in [0.29, 0.717) is 10.9 Å². The Kier molecular flexibility index (Phi) is 5.46. The average Bonchev–Trinajstić information content (AvgIpc) is 3.50. The molecule has 0 radical (unpaired) electrons. The number of rotatable bonds is 6. The molecule has 2 aliphatic rings. The van der Waals surface area contributed by atoms with Gasteiger partial charge in [0.25, 0.3) is 0 Å². The second-order valence-corrected chi connectivity index (χ2v) is 8.30. The molecule has 2 aromatic rings. The molecule has 5 heteroatoms. The van der Waals surface area contributed by atoms with E-state index in [1.807, 2.05) is 42.6 Å². The predicted octanol–water partition coefficient (Wildman–Crippen LogP) is 3.80. The number of amides is 1. The van der Waals surface area contributed by atoms with Crippen LogP contribution in [0, 0.1) is 5.92 Å². The Labute approximate surface area is 165 Å². The summed E-state index contributed by atoms with van der Waals surface area (Å²) >= 11 is 5.99. The zero-order valence-corrected chi connectivity index (χ0v) is 16.3. The lowest BCUT2D eigenvalue weighted by Gasteiger charge is -2.33. The molecule has 1 aliphatic carbocycles. The van der Waals surface area contributed by atoms with Crippen LogP contribution in [0.25, 0.3) is 0 Å². The number of halogens is 1. The van der Waals surface area contributed by atoms with Gasteiger partial charge in [-0.2, -0.15) is 0 Å². The van der Waals surface area contributed by atoms with Crippen LogP contribution in [0.4, 0.5) is 0 Å². The van der Waals surface area contributed by atoms with Gasteiger partial charge < -0.3 is 5.32 Å². The second-order valence-electron chi connectivity index (χ2n) is 7.86. The maximum absolute atomic E-state index is 12.9. The number of hydrogen-bond acceptors (Lipinski definition) is 3. The van der Waals surface area contributed by atoms with E-state index in [4.69, 9.17) is 11.6 Å². The van der Waals surface area contributed by atoms with Gasteiger partial charge in [0.15, 0.2) is 0 Å². The van der Waals surface area contributed by atoms with Crippen molar-refractivity contribution in [3.05, 3.63) is 64.9 Å². The van der Waals surface area contributed by atoms with E-state index < -0.39 is 0 Å². The van der Waals surface area contributed by atoms with Crippen LogP contribution in [0.3, 0.4) is 0 Å². The van der Waals surface area contributed by atoms with E-state index in [-0.39, 0.29) is 11.3 Å². The van der Waals surface area contributed by atoms with Crippen molar-refractivity contribution in [1.82, 2.24) is 15.2 Å². The summed E-state index contributed by atoms with van der Waals surface area (Å²) in [5.74, 6) is 0.680. The number of carbonyl (C=O) groups is 1. The lowest BCUT2D eigenvalue weighted by atomic mass is 9.93. The van der Waals surface area contributed by atoms with Crippen LogP contribution in [-0.2, 0) is 16.8 Å². The van der Waals surface area contributed by atoms with Crippen LogP contribution >= 0.6 is 11.6 Å². The maximum Gasteiger partial charge on any atom is 0.230 e. The van der Waals surface area contributed by atoms with E-state index >= 15 is 0 Å². The van der Waals surface area contributed by atoms with E-state index in [1.54, 1.807) is 0 Å². The first-order valence-electron chi connectivity index (χ1n) is 9.82. The van der Waals surface area contributed by atoms with Crippen molar-refractivity contribution < 1.29 is 4.79 Å². The highest BCUT2D eigenvalue weighted by Crippen LogP contribution is 2.48. The minimum Gasteiger partial charge on any atom is -0.355 e. The van der Waals surface area contributed by atoms with Crippen molar-refractivity contribution in [2.45, 2.75) is 37.6 Å². The summed E-state index contributed by atoms with van der Waals surface area (Å²) in [4.78, 5) is 19.7. The monoisotopic (exact) mass is 383 g/mol. The molecule has 1 aromatic heterocycles. The molecule has 1 saturated carbocycles. The smallest absolute Gasteiger partial charge is 0.230 e. The largest absolute Gasteiger partial charge is 0.355 e. The SMILES string of the molecule is O=C(NCC1CCCN(Cc2ccccn2)C1)C1(c2ccc(Cl)cc2)CC1. The Morgan fingerprint density at radius 3 is 2.74 bits per heavy atom. The van der Waals surface area contributed by atoms with Crippen molar-refractivity contribution in [3.63, 3.8) is 0 Å². The molecule has 1 aliphatic heterocycles. The molecule has 0 bridgehead atoms. The Balaban J connectivity index is 1.30. The maximum atomic E-state index is 12.9. The Morgan fingerprint density at radius 1 is 1.22 bits per heavy atom. The number of pyridine rings is 1. The summed E-state index contributed by atoms with van der Waals surface area (Å²) in [6, 6.07) is 13.8. The first-order valence-corrected chi connectivity index (χ1v) is 10.2. The highest BCUT2D eigenvalue weighted by atomic mass is 35.5. The topological polar surface area (TPSA) is 45.2 Å². The molecule has 1 atom stereocenters. The van der Waals surface area contributed by atoms with Gasteiger partial charge in [0, 0.05) is 30.9 Å². The lowest BCUT2D eigenvalue weighted by molar-refractivity contribution is -0.123. The summed E-state index contributed by atoms with van der Waals surface area (Å²) in [6.45, 7) is 3.77. The summed E-state index contributed by atoms with van der Waals surface area (Å²) in [5.41, 5.74) is 1.87. The number of likely N-dealkylation sites (tertiary alicyclic amines) is 1. The molecule has 1 N–H and O–H groups in total. The van der Waals surface area contributed by atoms with E-state index in [9.17, 15) is 4.79 Å². The van der Waals surface area contributed by atoms with Crippen molar-refractivity contribution >= 4 is 17.5 Å². The zero-order chi connectivity index (χ0) is 18.7. The van der Waals surface area contributed by atoms with E-state index in [2.05, 4.69) is 21.3 Å². The number of piperidine rings is 1. The molecule has 1 unspecified atom stereocenters. The molecular formula is C22H26ClN3O. The molecule has 2 heterocycles. The van der Waals surface area contributed by atoms with E-state index in [1.165, 1.54) is 12.8 Å². The average molecular weight is 384 g/mol. The fourth-order valence-corrected chi connectivity index (χ4v) is 4.26. The highest BCUT2D eigenvalue weighted by molar-refractivity contribution is 6.30. The third kappa shape index (κ3) is 4.33. The molecular weight excluding hydrogens is 358 g/mol. The molecule has 1 amide bonds. The third-order valence-electron chi connectivity index (χ3n) is 5.85. The first kappa shape index (κ1) is 18.5. The number of carbonyl (C=O) groups excluding carboxylic acids is 1. The van der Waals surface area contributed by atoms with Gasteiger partial charge in [-0.15, -0.1) is 0 Å². The van der Waals surface area contributed by atoms with Crippen LogP contribution in [0.1, 0.15) is 36.9 Å². The number of nitrogens with one attached hydrogen (secondary N) is 1. The van der Waals surface area contributed by atoms with Crippen molar-refractivity contribution in [1.29, 1.82) is 0 Å².